The van der Waals surface area contributed by atoms with Crippen LogP contribution in [0.15, 0.2) is 18.2 Å². The zero-order valence-corrected chi connectivity index (χ0v) is 12.0. The minimum Gasteiger partial charge on any atom is -0.331 e. The molecule has 0 atom stereocenters. The van der Waals surface area contributed by atoms with E-state index < -0.39 is 0 Å². The van der Waals surface area contributed by atoms with Crippen molar-refractivity contribution in [3.8, 4) is 0 Å². The maximum atomic E-state index is 11.8. The van der Waals surface area contributed by atoms with E-state index in [0.717, 1.165) is 23.0 Å². The third-order valence-corrected chi connectivity index (χ3v) is 3.45. The Morgan fingerprint density at radius 2 is 2.06 bits per heavy atom. The fourth-order valence-electron chi connectivity index (χ4n) is 2.32. The molecule has 96 valence electrons. The summed E-state index contributed by atoms with van der Waals surface area (Å²) in [5.41, 5.74) is 2.84. The molecule has 2 rings (SSSR count). The van der Waals surface area contributed by atoms with Crippen LogP contribution >= 0.6 is 11.6 Å². The highest BCUT2D eigenvalue weighted by Gasteiger charge is 2.19. The predicted molar refractivity (Wildman–Crippen MR) is 76.5 cm³/mol. The van der Waals surface area contributed by atoms with Crippen molar-refractivity contribution in [2.24, 2.45) is 5.92 Å². The number of aromatic nitrogens is 1. The molecule has 0 saturated carbocycles. The van der Waals surface area contributed by atoms with Crippen LogP contribution in [-0.2, 0) is 6.54 Å². The van der Waals surface area contributed by atoms with E-state index in [1.165, 1.54) is 0 Å². The highest BCUT2D eigenvalue weighted by atomic mass is 35.5. The van der Waals surface area contributed by atoms with Gasteiger partial charge in [-0.15, -0.1) is 0 Å². The van der Waals surface area contributed by atoms with E-state index >= 15 is 0 Å². The van der Waals surface area contributed by atoms with Gasteiger partial charge in [0.05, 0.1) is 5.56 Å². The van der Waals surface area contributed by atoms with Crippen molar-refractivity contribution in [2.45, 2.75) is 34.2 Å². The number of carbonyl (C=O) groups excluding carboxylic acids is 1. The van der Waals surface area contributed by atoms with Crippen LogP contribution < -0.4 is 0 Å². The average molecular weight is 264 g/mol. The maximum Gasteiger partial charge on any atom is 0.163 e. The number of halogens is 1. The van der Waals surface area contributed by atoms with Crippen LogP contribution in [0.5, 0.6) is 0 Å². The summed E-state index contributed by atoms with van der Waals surface area (Å²) in [5.74, 6) is 0.511. The molecule has 2 nitrogen and oxygen atoms in total. The van der Waals surface area contributed by atoms with E-state index in [9.17, 15) is 4.79 Å². The lowest BCUT2D eigenvalue weighted by molar-refractivity contribution is 0.101. The predicted octanol–water partition coefficient (Wildman–Crippen LogP) is 4.46. The number of benzene rings is 1. The Labute approximate surface area is 113 Å². The van der Waals surface area contributed by atoms with E-state index in [1.54, 1.807) is 6.92 Å². The fourth-order valence-corrected chi connectivity index (χ4v) is 2.71. The molecular weight excluding hydrogens is 246 g/mol. The summed E-state index contributed by atoms with van der Waals surface area (Å²) in [7, 11) is 0. The van der Waals surface area contributed by atoms with Gasteiger partial charge in [-0.2, -0.15) is 0 Å². The van der Waals surface area contributed by atoms with Gasteiger partial charge in [-0.3, -0.25) is 4.79 Å². The highest BCUT2D eigenvalue weighted by molar-refractivity contribution is 6.35. The number of rotatable bonds is 3. The molecule has 0 fully saturated rings. The summed E-state index contributed by atoms with van der Waals surface area (Å²) in [6, 6.07) is 6.14. The number of hydrogen-bond donors (Lipinski definition) is 0. The first-order valence-electron chi connectivity index (χ1n) is 6.21. The van der Waals surface area contributed by atoms with E-state index in [4.69, 9.17) is 11.6 Å². The van der Waals surface area contributed by atoms with Crippen molar-refractivity contribution in [2.75, 3.05) is 0 Å². The lowest BCUT2D eigenvalue weighted by Crippen LogP contribution is -2.04. The summed E-state index contributed by atoms with van der Waals surface area (Å²) in [5, 5.41) is 1.53. The molecule has 0 N–H and O–H groups in total. The van der Waals surface area contributed by atoms with Gasteiger partial charge in [0.25, 0.3) is 0 Å². The number of carbonyl (C=O) groups is 1. The molecule has 0 aliphatic rings. The minimum atomic E-state index is 0.0260. The lowest BCUT2D eigenvalue weighted by atomic mass is 10.1. The standard InChI is InChI=1S/C15H18ClNO/c1-9(2)8-17-13-6-5-10(3)7-12(13)14(11(4)18)15(17)16/h5-7,9H,8H2,1-4H3. The van der Waals surface area contributed by atoms with Crippen LogP contribution in [-0.4, -0.2) is 10.4 Å². The molecule has 0 radical (unpaired) electrons. The van der Waals surface area contributed by atoms with Gasteiger partial charge < -0.3 is 4.57 Å². The number of hydrogen-bond acceptors (Lipinski definition) is 1. The summed E-state index contributed by atoms with van der Waals surface area (Å²) in [6.45, 7) is 8.71. The molecule has 0 spiro atoms. The normalized spacial score (nSPS) is 11.4. The zero-order chi connectivity index (χ0) is 13.4. The average Bonchev–Trinajstić information content (AvgIpc) is 2.50. The SMILES string of the molecule is CC(=O)c1c(Cl)n(CC(C)C)c2ccc(C)cc12. The Balaban J connectivity index is 2.78. The molecule has 0 saturated heterocycles. The topological polar surface area (TPSA) is 22.0 Å². The van der Waals surface area contributed by atoms with E-state index in [0.29, 0.717) is 16.6 Å². The summed E-state index contributed by atoms with van der Waals surface area (Å²) in [4.78, 5) is 11.8. The first-order chi connectivity index (χ1) is 8.41. The smallest absolute Gasteiger partial charge is 0.163 e. The zero-order valence-electron chi connectivity index (χ0n) is 11.2. The van der Waals surface area contributed by atoms with Crippen molar-refractivity contribution in [3.63, 3.8) is 0 Å². The van der Waals surface area contributed by atoms with Crippen LogP contribution in [0.3, 0.4) is 0 Å². The van der Waals surface area contributed by atoms with Crippen LogP contribution in [0.2, 0.25) is 5.15 Å². The Morgan fingerprint density at radius 3 is 2.61 bits per heavy atom. The van der Waals surface area contributed by atoms with Crippen molar-refractivity contribution >= 4 is 28.3 Å². The molecule has 3 heteroatoms. The molecule has 0 unspecified atom stereocenters. The second-order valence-corrected chi connectivity index (χ2v) is 5.61. The van der Waals surface area contributed by atoms with E-state index in [-0.39, 0.29) is 5.78 Å². The van der Waals surface area contributed by atoms with Crippen LogP contribution in [0.4, 0.5) is 0 Å². The van der Waals surface area contributed by atoms with Gasteiger partial charge in [-0.05, 0) is 31.9 Å². The first-order valence-corrected chi connectivity index (χ1v) is 6.59. The minimum absolute atomic E-state index is 0.0260. The van der Waals surface area contributed by atoms with Crippen molar-refractivity contribution in [3.05, 3.63) is 34.5 Å². The summed E-state index contributed by atoms with van der Waals surface area (Å²) >= 11 is 6.39. The van der Waals surface area contributed by atoms with E-state index in [2.05, 4.69) is 19.9 Å². The number of nitrogens with zero attached hydrogens (tertiary/aromatic N) is 1. The van der Waals surface area contributed by atoms with Gasteiger partial charge in [0.15, 0.2) is 5.78 Å². The highest BCUT2D eigenvalue weighted by Crippen LogP contribution is 2.31. The van der Waals surface area contributed by atoms with Gasteiger partial charge in [-0.1, -0.05) is 37.1 Å². The molecule has 1 heterocycles. The number of aryl methyl sites for hydroxylation is 1. The monoisotopic (exact) mass is 263 g/mol. The van der Waals surface area contributed by atoms with Crippen LogP contribution in [0.1, 0.15) is 36.7 Å². The molecule has 2 aromatic rings. The number of Topliss-reactive ketones (excluding diaryl/α,β-unsaturated/α-hetero) is 1. The molecule has 0 amide bonds. The molecule has 0 bridgehead atoms. The largest absolute Gasteiger partial charge is 0.331 e. The van der Waals surface area contributed by atoms with Crippen LogP contribution in [0, 0.1) is 12.8 Å². The Hall–Kier alpha value is -1.28. The molecule has 1 aromatic carbocycles. The van der Waals surface area contributed by atoms with Gasteiger partial charge in [-0.25, -0.2) is 0 Å². The Bertz CT molecular complexity index is 610. The third kappa shape index (κ3) is 2.17. The van der Waals surface area contributed by atoms with Crippen LogP contribution in [0.25, 0.3) is 10.9 Å². The van der Waals surface area contributed by atoms with Gasteiger partial charge >= 0.3 is 0 Å². The fraction of sp³-hybridized carbons (Fsp3) is 0.400. The summed E-state index contributed by atoms with van der Waals surface area (Å²) < 4.78 is 2.04. The molecule has 18 heavy (non-hydrogen) atoms. The molecule has 0 aliphatic heterocycles. The third-order valence-electron chi connectivity index (χ3n) is 3.06. The van der Waals surface area contributed by atoms with Crippen molar-refractivity contribution in [1.82, 2.24) is 4.57 Å². The maximum absolute atomic E-state index is 11.8. The first kappa shape index (κ1) is 13.2. The second-order valence-electron chi connectivity index (χ2n) is 5.25. The summed E-state index contributed by atoms with van der Waals surface area (Å²) in [6.07, 6.45) is 0. The Kier molecular flexibility index (Phi) is 3.49. The lowest BCUT2D eigenvalue weighted by Gasteiger charge is -2.10. The molecular formula is C15H18ClNO. The van der Waals surface area contributed by atoms with E-state index in [1.807, 2.05) is 23.6 Å². The molecule has 1 aromatic heterocycles. The van der Waals surface area contributed by atoms with Crippen molar-refractivity contribution in [1.29, 1.82) is 0 Å². The van der Waals surface area contributed by atoms with Gasteiger partial charge in [0.1, 0.15) is 5.15 Å². The number of ketones is 1. The second kappa shape index (κ2) is 4.77. The number of fused-ring (bicyclic) bond motifs is 1. The Morgan fingerprint density at radius 1 is 1.39 bits per heavy atom. The van der Waals surface area contributed by atoms with Gasteiger partial charge in [0, 0.05) is 17.4 Å². The quantitative estimate of drug-likeness (QED) is 0.750. The van der Waals surface area contributed by atoms with Crippen molar-refractivity contribution < 1.29 is 4.79 Å². The molecule has 0 aliphatic carbocycles. The van der Waals surface area contributed by atoms with Gasteiger partial charge in [0.2, 0.25) is 0 Å².